The van der Waals surface area contributed by atoms with Crippen molar-refractivity contribution in [3.63, 3.8) is 0 Å². The van der Waals surface area contributed by atoms with E-state index in [-0.39, 0.29) is 24.2 Å². The molecule has 2 heterocycles. The maximum atomic E-state index is 13.2. The van der Waals surface area contributed by atoms with E-state index in [9.17, 15) is 18.0 Å². The van der Waals surface area contributed by atoms with E-state index in [0.717, 1.165) is 43.1 Å². The highest BCUT2D eigenvalue weighted by Crippen LogP contribution is 2.45. The number of aliphatic carboxylic acids is 1. The topological polar surface area (TPSA) is 59.0 Å². The van der Waals surface area contributed by atoms with Gasteiger partial charge in [0.1, 0.15) is 12.4 Å². The minimum absolute atomic E-state index is 0.0944. The van der Waals surface area contributed by atoms with Crippen LogP contribution in [0.4, 0.5) is 13.2 Å². The van der Waals surface area contributed by atoms with Crippen LogP contribution < -0.4 is 4.74 Å². The van der Waals surface area contributed by atoms with Gasteiger partial charge in [-0.25, -0.2) is 0 Å². The number of alkyl halides is 3. The lowest BCUT2D eigenvalue weighted by Gasteiger charge is -2.39. The van der Waals surface area contributed by atoms with Gasteiger partial charge in [-0.2, -0.15) is 13.2 Å². The molecule has 4 rings (SSSR count). The van der Waals surface area contributed by atoms with E-state index in [1.54, 1.807) is 12.1 Å². The van der Waals surface area contributed by atoms with Gasteiger partial charge in [-0.3, -0.25) is 4.79 Å². The first kappa shape index (κ1) is 21.6. The lowest BCUT2D eigenvalue weighted by Crippen LogP contribution is -2.43. The highest BCUT2D eigenvalue weighted by Gasteiger charge is 2.42. The third-order valence-electron chi connectivity index (χ3n) is 6.09. The molecule has 0 saturated carbocycles. The number of carbonyl (C=O) groups is 1. The third-order valence-corrected chi connectivity index (χ3v) is 6.09. The SMILES string of the molecule is O=C(O)CCN1CCC2(CC1)OCc1cc(OCc3ccccc3C(F)(F)F)ccc12. The van der Waals surface area contributed by atoms with Crippen LogP contribution in [0.2, 0.25) is 0 Å². The van der Waals surface area contributed by atoms with Gasteiger partial charge in [-0.1, -0.05) is 24.3 Å². The van der Waals surface area contributed by atoms with Gasteiger partial charge in [-0.05, 0) is 42.2 Å². The second-order valence-corrected chi connectivity index (χ2v) is 8.03. The summed E-state index contributed by atoms with van der Waals surface area (Å²) >= 11 is 0. The lowest BCUT2D eigenvalue weighted by molar-refractivity contribution is -0.139. The van der Waals surface area contributed by atoms with Gasteiger partial charge in [-0.15, -0.1) is 0 Å². The molecule has 8 heteroatoms. The number of carboxylic acid groups (broad SMARTS) is 1. The van der Waals surface area contributed by atoms with E-state index >= 15 is 0 Å². The van der Waals surface area contributed by atoms with Crippen molar-refractivity contribution in [2.75, 3.05) is 19.6 Å². The Morgan fingerprint density at radius 1 is 1.16 bits per heavy atom. The number of piperidine rings is 1. The molecule has 1 saturated heterocycles. The highest BCUT2D eigenvalue weighted by molar-refractivity contribution is 5.66. The highest BCUT2D eigenvalue weighted by atomic mass is 19.4. The summed E-state index contributed by atoms with van der Waals surface area (Å²) in [7, 11) is 0. The fourth-order valence-electron chi connectivity index (χ4n) is 4.41. The minimum atomic E-state index is -4.42. The predicted molar refractivity (Wildman–Crippen MR) is 107 cm³/mol. The molecule has 2 aromatic carbocycles. The quantitative estimate of drug-likeness (QED) is 0.720. The lowest BCUT2D eigenvalue weighted by atomic mass is 9.83. The van der Waals surface area contributed by atoms with E-state index in [4.69, 9.17) is 14.6 Å². The molecule has 31 heavy (non-hydrogen) atoms. The molecular weight excluding hydrogens is 411 g/mol. The molecule has 2 aromatic rings. The molecule has 1 spiro atoms. The van der Waals surface area contributed by atoms with Gasteiger partial charge in [0, 0.05) is 25.2 Å². The van der Waals surface area contributed by atoms with Gasteiger partial charge in [0.2, 0.25) is 0 Å². The van der Waals surface area contributed by atoms with Crippen LogP contribution in [0.5, 0.6) is 5.75 Å². The smallest absolute Gasteiger partial charge is 0.416 e. The van der Waals surface area contributed by atoms with Gasteiger partial charge >= 0.3 is 12.1 Å². The first-order valence-electron chi connectivity index (χ1n) is 10.3. The Bertz CT molecular complexity index is 952. The van der Waals surface area contributed by atoms with Gasteiger partial charge in [0.15, 0.2) is 0 Å². The van der Waals surface area contributed by atoms with Crippen molar-refractivity contribution in [3.8, 4) is 5.75 Å². The summed E-state index contributed by atoms with van der Waals surface area (Å²) < 4.78 is 51.3. The second kappa shape index (κ2) is 8.51. The molecule has 5 nitrogen and oxygen atoms in total. The molecule has 0 atom stereocenters. The number of ether oxygens (including phenoxy) is 2. The second-order valence-electron chi connectivity index (χ2n) is 8.03. The van der Waals surface area contributed by atoms with E-state index in [1.165, 1.54) is 12.1 Å². The number of likely N-dealkylation sites (tertiary alicyclic amines) is 1. The summed E-state index contributed by atoms with van der Waals surface area (Å²) in [5, 5.41) is 8.86. The Morgan fingerprint density at radius 2 is 1.90 bits per heavy atom. The number of benzene rings is 2. The first-order valence-corrected chi connectivity index (χ1v) is 10.3. The van der Waals surface area contributed by atoms with Crippen LogP contribution in [0.25, 0.3) is 0 Å². The number of hydrogen-bond acceptors (Lipinski definition) is 4. The average Bonchev–Trinajstić information content (AvgIpc) is 3.09. The van der Waals surface area contributed by atoms with Crippen molar-refractivity contribution in [1.29, 1.82) is 0 Å². The zero-order chi connectivity index (χ0) is 22.1. The summed E-state index contributed by atoms with van der Waals surface area (Å²) in [5.74, 6) is -0.289. The summed E-state index contributed by atoms with van der Waals surface area (Å²) in [6.45, 7) is 2.32. The predicted octanol–water partition coefficient (Wildman–Crippen LogP) is 4.58. The summed E-state index contributed by atoms with van der Waals surface area (Å²) in [5.41, 5.74) is 1.11. The van der Waals surface area contributed by atoms with Crippen LogP contribution in [-0.4, -0.2) is 35.6 Å². The zero-order valence-electron chi connectivity index (χ0n) is 17.0. The molecule has 0 aliphatic carbocycles. The van der Waals surface area contributed by atoms with E-state index in [1.807, 2.05) is 12.1 Å². The largest absolute Gasteiger partial charge is 0.489 e. The number of carboxylic acids is 1. The number of nitrogens with zero attached hydrogens (tertiary/aromatic N) is 1. The molecule has 0 aromatic heterocycles. The van der Waals surface area contributed by atoms with Crippen molar-refractivity contribution >= 4 is 5.97 Å². The third kappa shape index (κ3) is 4.70. The van der Waals surface area contributed by atoms with Crippen molar-refractivity contribution in [3.05, 3.63) is 64.7 Å². The van der Waals surface area contributed by atoms with Crippen molar-refractivity contribution < 1.29 is 32.5 Å². The number of halogens is 3. The molecule has 0 amide bonds. The van der Waals surface area contributed by atoms with Crippen molar-refractivity contribution in [2.24, 2.45) is 0 Å². The van der Waals surface area contributed by atoms with E-state index in [2.05, 4.69) is 4.90 Å². The van der Waals surface area contributed by atoms with Crippen molar-refractivity contribution in [2.45, 2.75) is 44.3 Å². The van der Waals surface area contributed by atoms with Crippen LogP contribution in [0, 0.1) is 0 Å². The molecule has 0 bridgehead atoms. The monoisotopic (exact) mass is 435 g/mol. The number of hydrogen-bond donors (Lipinski definition) is 1. The van der Waals surface area contributed by atoms with Crippen LogP contribution in [0.1, 0.15) is 41.5 Å². The molecular formula is C23H24F3NO4. The summed E-state index contributed by atoms with van der Waals surface area (Å²) in [6, 6.07) is 11.0. The Labute approximate surface area is 178 Å². The maximum Gasteiger partial charge on any atom is 0.416 e. The number of rotatable bonds is 6. The zero-order valence-corrected chi connectivity index (χ0v) is 17.0. The summed E-state index contributed by atoms with van der Waals surface area (Å²) in [6.07, 6.45) is -2.74. The standard InChI is InChI=1S/C23H24F3NO4/c24-23(25,26)20-4-2-1-3-16(20)14-30-18-5-6-19-17(13-18)15-31-22(19)8-11-27(12-9-22)10-7-21(28)29/h1-6,13H,7-12,14-15H2,(H,28,29). The summed E-state index contributed by atoms with van der Waals surface area (Å²) in [4.78, 5) is 12.9. The molecule has 0 unspecified atom stereocenters. The minimum Gasteiger partial charge on any atom is -0.489 e. The Morgan fingerprint density at radius 3 is 2.61 bits per heavy atom. The van der Waals surface area contributed by atoms with Crippen LogP contribution >= 0.6 is 0 Å². The van der Waals surface area contributed by atoms with E-state index < -0.39 is 17.7 Å². The normalized spacial score (nSPS) is 18.2. The first-order chi connectivity index (χ1) is 14.8. The van der Waals surface area contributed by atoms with Crippen LogP contribution in [0.15, 0.2) is 42.5 Å². The molecule has 2 aliphatic heterocycles. The molecule has 0 radical (unpaired) electrons. The average molecular weight is 435 g/mol. The Balaban J connectivity index is 1.42. The Hall–Kier alpha value is -2.58. The molecule has 1 N–H and O–H groups in total. The number of fused-ring (bicyclic) bond motifs is 2. The van der Waals surface area contributed by atoms with Gasteiger partial charge in [0.05, 0.1) is 24.2 Å². The fraction of sp³-hybridized carbons (Fsp3) is 0.435. The van der Waals surface area contributed by atoms with Crippen LogP contribution in [-0.2, 0) is 34.5 Å². The molecule has 2 aliphatic rings. The van der Waals surface area contributed by atoms with Gasteiger partial charge in [0.25, 0.3) is 0 Å². The van der Waals surface area contributed by atoms with E-state index in [0.29, 0.717) is 18.9 Å². The Kier molecular flexibility index (Phi) is 5.94. The molecule has 1 fully saturated rings. The van der Waals surface area contributed by atoms with Crippen LogP contribution in [0.3, 0.4) is 0 Å². The maximum absolute atomic E-state index is 13.2. The van der Waals surface area contributed by atoms with Crippen molar-refractivity contribution in [1.82, 2.24) is 4.90 Å². The molecule has 166 valence electrons. The van der Waals surface area contributed by atoms with Gasteiger partial charge < -0.3 is 19.5 Å². The fourth-order valence-corrected chi connectivity index (χ4v) is 4.41.